The van der Waals surface area contributed by atoms with Crippen LogP contribution in [0.15, 0.2) is 60.7 Å². The number of ether oxygens (including phenoxy) is 3. The number of hydrogen-bond donors (Lipinski definition) is 0. The molecular formula is C23H31NO5Si. The number of amides is 2. The van der Waals surface area contributed by atoms with E-state index in [9.17, 15) is 9.59 Å². The molecule has 0 N–H and O–H groups in total. The van der Waals surface area contributed by atoms with Gasteiger partial charge in [0.05, 0.1) is 6.61 Å². The van der Waals surface area contributed by atoms with Gasteiger partial charge >= 0.3 is 6.09 Å². The van der Waals surface area contributed by atoms with Crippen LogP contribution < -0.4 is 0 Å². The number of methoxy groups -OCH3 is 2. The molecule has 0 saturated carbocycles. The molecule has 7 heteroatoms. The lowest BCUT2D eigenvalue weighted by Gasteiger charge is -2.33. The summed E-state index contributed by atoms with van der Waals surface area (Å²) in [5.41, 5.74) is 1.15. The normalized spacial score (nSPS) is 13.4. The zero-order valence-electron chi connectivity index (χ0n) is 18.3. The van der Waals surface area contributed by atoms with E-state index >= 15 is 0 Å². The second-order valence-electron chi connectivity index (χ2n) is 8.16. The van der Waals surface area contributed by atoms with Gasteiger partial charge in [-0.15, -0.1) is 0 Å². The van der Waals surface area contributed by atoms with Gasteiger partial charge in [-0.1, -0.05) is 68.2 Å². The quantitative estimate of drug-likeness (QED) is 0.416. The Morgan fingerprint density at radius 1 is 0.900 bits per heavy atom. The summed E-state index contributed by atoms with van der Waals surface area (Å²) in [6.07, 6.45) is -2.41. The fourth-order valence-corrected chi connectivity index (χ4v) is 3.67. The van der Waals surface area contributed by atoms with Crippen molar-refractivity contribution in [1.82, 2.24) is 4.90 Å². The third kappa shape index (κ3) is 6.52. The van der Waals surface area contributed by atoms with Crippen LogP contribution in [0.3, 0.4) is 0 Å². The van der Waals surface area contributed by atoms with E-state index in [-0.39, 0.29) is 6.61 Å². The van der Waals surface area contributed by atoms with Gasteiger partial charge in [-0.2, -0.15) is 0 Å². The minimum Gasteiger partial charge on any atom is -0.449 e. The molecule has 0 radical (unpaired) electrons. The first-order valence-electron chi connectivity index (χ1n) is 9.94. The summed E-state index contributed by atoms with van der Waals surface area (Å²) in [6.45, 7) is 6.85. The van der Waals surface area contributed by atoms with Crippen molar-refractivity contribution in [2.45, 2.75) is 38.0 Å². The van der Waals surface area contributed by atoms with E-state index in [0.717, 1.165) is 16.5 Å². The molecule has 2 atom stereocenters. The fourth-order valence-electron chi connectivity index (χ4n) is 2.96. The topological polar surface area (TPSA) is 65.1 Å². The Hall–Kier alpha value is -2.48. The van der Waals surface area contributed by atoms with Crippen LogP contribution in [0.5, 0.6) is 0 Å². The molecule has 2 aromatic rings. The number of nitrogens with zero attached hydrogens (tertiary/aromatic N) is 1. The predicted molar refractivity (Wildman–Crippen MR) is 119 cm³/mol. The van der Waals surface area contributed by atoms with Crippen LogP contribution in [-0.4, -0.2) is 52.0 Å². The van der Waals surface area contributed by atoms with Crippen molar-refractivity contribution >= 4 is 20.1 Å². The monoisotopic (exact) mass is 429 g/mol. The predicted octanol–water partition coefficient (Wildman–Crippen LogP) is 4.96. The van der Waals surface area contributed by atoms with Crippen LogP contribution in [-0.2, 0) is 14.2 Å². The third-order valence-corrected chi connectivity index (χ3v) is 6.35. The zero-order chi connectivity index (χ0) is 22.1. The highest BCUT2D eigenvalue weighted by Gasteiger charge is 2.38. The first-order chi connectivity index (χ1) is 14.3. The first kappa shape index (κ1) is 23.8. The molecule has 30 heavy (non-hydrogen) atoms. The number of rotatable bonds is 9. The molecule has 0 spiro atoms. The zero-order valence-corrected chi connectivity index (χ0v) is 19.3. The van der Waals surface area contributed by atoms with E-state index in [1.54, 1.807) is 24.3 Å². The maximum atomic E-state index is 13.3. The molecule has 0 fully saturated rings. The van der Waals surface area contributed by atoms with E-state index in [1.165, 1.54) is 14.2 Å². The highest BCUT2D eigenvalue weighted by Crippen LogP contribution is 2.27. The first-order valence-corrected chi connectivity index (χ1v) is 13.6. The Kier molecular flexibility index (Phi) is 8.77. The Morgan fingerprint density at radius 3 is 1.97 bits per heavy atom. The van der Waals surface area contributed by atoms with E-state index in [2.05, 4.69) is 19.6 Å². The van der Waals surface area contributed by atoms with Crippen molar-refractivity contribution in [3.05, 3.63) is 71.8 Å². The maximum absolute atomic E-state index is 13.3. The van der Waals surface area contributed by atoms with Crippen LogP contribution in [0.2, 0.25) is 25.7 Å². The maximum Gasteiger partial charge on any atom is 0.419 e. The molecule has 0 aliphatic rings. The van der Waals surface area contributed by atoms with E-state index in [0.29, 0.717) is 5.56 Å². The van der Waals surface area contributed by atoms with Crippen molar-refractivity contribution in [1.29, 1.82) is 0 Å². The SMILES string of the molecule is CO[C@H](c1ccccc1)[C@@H](OC)N(C(=O)OCC[Si](C)(C)C)C(=O)c1ccccc1. The molecule has 162 valence electrons. The number of benzene rings is 2. The summed E-state index contributed by atoms with van der Waals surface area (Å²) in [5.74, 6) is -0.501. The largest absolute Gasteiger partial charge is 0.449 e. The summed E-state index contributed by atoms with van der Waals surface area (Å²) in [4.78, 5) is 27.4. The van der Waals surface area contributed by atoms with E-state index in [4.69, 9.17) is 14.2 Å². The van der Waals surface area contributed by atoms with Crippen LogP contribution in [0.25, 0.3) is 0 Å². The van der Waals surface area contributed by atoms with Crippen LogP contribution in [0.1, 0.15) is 22.0 Å². The summed E-state index contributed by atoms with van der Waals surface area (Å²) in [5, 5.41) is 0. The van der Waals surface area contributed by atoms with Crippen molar-refractivity contribution < 1.29 is 23.8 Å². The van der Waals surface area contributed by atoms with Gasteiger partial charge in [0.15, 0.2) is 6.23 Å². The molecule has 0 aromatic heterocycles. The highest BCUT2D eigenvalue weighted by atomic mass is 28.3. The van der Waals surface area contributed by atoms with Crippen LogP contribution in [0.4, 0.5) is 4.79 Å². The Morgan fingerprint density at radius 2 is 1.47 bits per heavy atom. The van der Waals surface area contributed by atoms with Gasteiger partial charge in [0, 0.05) is 27.9 Å². The Balaban J connectivity index is 2.37. The summed E-state index contributed by atoms with van der Waals surface area (Å²) in [6, 6.07) is 18.7. The standard InChI is InChI=1S/C23H31NO5Si/c1-27-20(18-12-8-6-9-13-18)22(28-2)24(21(25)19-14-10-7-11-15-19)23(26)29-16-17-30(3,4)5/h6-15,20,22H,16-17H2,1-5H3/t20-,22-/m1/s1. The lowest BCUT2D eigenvalue weighted by Crippen LogP contribution is -2.49. The molecule has 0 unspecified atom stereocenters. The molecule has 0 saturated heterocycles. The van der Waals surface area contributed by atoms with Gasteiger partial charge < -0.3 is 14.2 Å². The highest BCUT2D eigenvalue weighted by molar-refractivity contribution is 6.76. The molecule has 0 bridgehead atoms. The molecule has 2 rings (SSSR count). The minimum atomic E-state index is -1.40. The van der Waals surface area contributed by atoms with Crippen molar-refractivity contribution in [2.24, 2.45) is 0 Å². The average molecular weight is 430 g/mol. The number of carbonyl (C=O) groups is 2. The van der Waals surface area contributed by atoms with Gasteiger partial charge in [-0.3, -0.25) is 4.79 Å². The van der Waals surface area contributed by atoms with Crippen molar-refractivity contribution in [3.8, 4) is 0 Å². The van der Waals surface area contributed by atoms with Crippen molar-refractivity contribution in [2.75, 3.05) is 20.8 Å². The summed E-state index contributed by atoms with van der Waals surface area (Å²) >= 11 is 0. The molecule has 6 nitrogen and oxygen atoms in total. The summed E-state index contributed by atoms with van der Waals surface area (Å²) < 4.78 is 16.8. The Labute approximate surface area is 179 Å². The van der Waals surface area contributed by atoms with E-state index < -0.39 is 32.4 Å². The van der Waals surface area contributed by atoms with Gasteiger partial charge in [-0.25, -0.2) is 9.69 Å². The molecule has 0 heterocycles. The number of carbonyl (C=O) groups excluding carboxylic acids is 2. The fraction of sp³-hybridized carbons (Fsp3) is 0.391. The smallest absolute Gasteiger partial charge is 0.419 e. The van der Waals surface area contributed by atoms with Crippen LogP contribution in [0, 0.1) is 0 Å². The lowest BCUT2D eigenvalue weighted by molar-refractivity contribution is -0.0999. The summed E-state index contributed by atoms with van der Waals surface area (Å²) in [7, 11) is 1.56. The van der Waals surface area contributed by atoms with Crippen LogP contribution >= 0.6 is 0 Å². The average Bonchev–Trinajstić information content (AvgIpc) is 2.73. The van der Waals surface area contributed by atoms with Gasteiger partial charge in [0.25, 0.3) is 5.91 Å². The second kappa shape index (κ2) is 11.1. The second-order valence-corrected chi connectivity index (χ2v) is 13.8. The molecule has 2 aromatic carbocycles. The van der Waals surface area contributed by atoms with Gasteiger partial charge in [-0.05, 0) is 23.7 Å². The van der Waals surface area contributed by atoms with Gasteiger partial charge in [0.2, 0.25) is 0 Å². The minimum absolute atomic E-state index is 0.256. The molecule has 2 amide bonds. The molecule has 0 aliphatic carbocycles. The van der Waals surface area contributed by atoms with E-state index in [1.807, 2.05) is 36.4 Å². The van der Waals surface area contributed by atoms with Crippen molar-refractivity contribution in [3.63, 3.8) is 0 Å². The molecule has 0 aliphatic heterocycles. The Bertz CT molecular complexity index is 807. The number of hydrogen-bond acceptors (Lipinski definition) is 5. The third-order valence-electron chi connectivity index (χ3n) is 4.65. The van der Waals surface area contributed by atoms with Gasteiger partial charge in [0.1, 0.15) is 6.10 Å². The number of imide groups is 1. The molecular weight excluding hydrogens is 398 g/mol. The lowest BCUT2D eigenvalue weighted by atomic mass is 10.1.